The van der Waals surface area contributed by atoms with Gasteiger partial charge in [-0.3, -0.25) is 0 Å². The molecule has 0 aromatic heterocycles. The van der Waals surface area contributed by atoms with E-state index in [0.29, 0.717) is 0 Å². The molecule has 5 heteroatoms. The number of rotatable bonds is 3. The highest BCUT2D eigenvalue weighted by Gasteiger charge is 2.40. The Morgan fingerprint density at radius 3 is 2.60 bits per heavy atom. The first-order valence-corrected chi connectivity index (χ1v) is 6.31. The van der Waals surface area contributed by atoms with Crippen molar-refractivity contribution < 1.29 is 12.8 Å². The Morgan fingerprint density at radius 2 is 2.07 bits per heavy atom. The Bertz CT molecular complexity index is 480. The molecule has 0 radical (unpaired) electrons. The Hall–Kier alpha value is -0.940. The highest BCUT2D eigenvalue weighted by Crippen LogP contribution is 2.43. The minimum absolute atomic E-state index is 0.0132. The van der Waals surface area contributed by atoms with Crippen molar-refractivity contribution >= 4 is 9.84 Å². The lowest BCUT2D eigenvalue weighted by Gasteiger charge is -2.10. The Kier molecular flexibility index (Phi) is 2.31. The number of alkyl halides is 1. The average molecular weight is 229 g/mol. The molecule has 1 aromatic carbocycles. The molecule has 82 valence electrons. The van der Waals surface area contributed by atoms with Crippen LogP contribution in [0.25, 0.3) is 0 Å². The summed E-state index contributed by atoms with van der Waals surface area (Å²) in [6.07, 6.45) is 1.71. The summed E-state index contributed by atoms with van der Waals surface area (Å²) in [5.74, 6) is 0. The summed E-state index contributed by atoms with van der Waals surface area (Å²) in [4.78, 5) is 0.0132. The molecule has 1 aliphatic carbocycles. The molecule has 15 heavy (non-hydrogen) atoms. The summed E-state index contributed by atoms with van der Waals surface area (Å²) >= 11 is 0. The van der Waals surface area contributed by atoms with Crippen LogP contribution in [0.2, 0.25) is 0 Å². The van der Waals surface area contributed by atoms with Crippen LogP contribution >= 0.6 is 0 Å². The van der Waals surface area contributed by atoms with Crippen LogP contribution in [0, 0.1) is 0 Å². The van der Waals surface area contributed by atoms with Gasteiger partial charge in [-0.1, -0.05) is 12.1 Å². The topological polar surface area (TPSA) is 60.2 Å². The fraction of sp³-hybridized carbons (Fsp3) is 0.400. The lowest BCUT2D eigenvalue weighted by molar-refractivity contribution is 0.534. The Morgan fingerprint density at radius 1 is 1.40 bits per heavy atom. The second-order valence-corrected chi connectivity index (χ2v) is 5.83. The highest BCUT2D eigenvalue weighted by atomic mass is 32.2. The van der Waals surface area contributed by atoms with E-state index in [0.717, 1.165) is 18.4 Å². The highest BCUT2D eigenvalue weighted by molar-refractivity contribution is 7.91. The predicted molar refractivity (Wildman–Crippen MR) is 54.7 cm³/mol. The van der Waals surface area contributed by atoms with Gasteiger partial charge in [0.1, 0.15) is 0 Å². The van der Waals surface area contributed by atoms with Gasteiger partial charge in [-0.25, -0.2) is 12.8 Å². The van der Waals surface area contributed by atoms with Gasteiger partial charge in [0, 0.05) is 5.54 Å². The number of sulfone groups is 1. The number of halogens is 1. The summed E-state index contributed by atoms with van der Waals surface area (Å²) in [5, 5.41) is 0. The van der Waals surface area contributed by atoms with E-state index in [2.05, 4.69) is 0 Å². The fourth-order valence-corrected chi connectivity index (χ4v) is 2.20. The molecule has 1 aromatic rings. The smallest absolute Gasteiger partial charge is 0.207 e. The second-order valence-electron chi connectivity index (χ2n) is 3.91. The number of hydrogen-bond donors (Lipinski definition) is 1. The maximum absolute atomic E-state index is 12.3. The van der Waals surface area contributed by atoms with E-state index in [-0.39, 0.29) is 10.4 Å². The van der Waals surface area contributed by atoms with Crippen molar-refractivity contribution in [2.45, 2.75) is 23.3 Å². The van der Waals surface area contributed by atoms with Gasteiger partial charge in [-0.2, -0.15) is 0 Å². The molecule has 0 aliphatic heterocycles. The first-order valence-electron chi connectivity index (χ1n) is 4.66. The Labute approximate surface area is 88.0 Å². The van der Waals surface area contributed by atoms with Crippen LogP contribution < -0.4 is 5.73 Å². The molecule has 0 amide bonds. The second kappa shape index (κ2) is 3.28. The van der Waals surface area contributed by atoms with Gasteiger partial charge < -0.3 is 5.73 Å². The van der Waals surface area contributed by atoms with Gasteiger partial charge in [0.25, 0.3) is 0 Å². The van der Waals surface area contributed by atoms with Crippen molar-refractivity contribution in [3.8, 4) is 0 Å². The molecule has 0 spiro atoms. The summed E-state index contributed by atoms with van der Waals surface area (Å²) in [5.41, 5.74) is 6.32. The molecule has 0 saturated heterocycles. The van der Waals surface area contributed by atoms with Crippen molar-refractivity contribution in [2.24, 2.45) is 5.73 Å². The van der Waals surface area contributed by atoms with E-state index >= 15 is 0 Å². The van der Waals surface area contributed by atoms with E-state index in [1.807, 2.05) is 0 Å². The molecule has 1 aliphatic rings. The van der Waals surface area contributed by atoms with E-state index < -0.39 is 15.8 Å². The maximum atomic E-state index is 12.3. The first-order chi connectivity index (χ1) is 6.98. The average Bonchev–Trinajstić information content (AvgIpc) is 2.98. The van der Waals surface area contributed by atoms with Crippen LogP contribution in [0.5, 0.6) is 0 Å². The van der Waals surface area contributed by atoms with Gasteiger partial charge in [-0.05, 0) is 30.5 Å². The lowest BCUT2D eigenvalue weighted by Crippen LogP contribution is -2.19. The van der Waals surface area contributed by atoms with E-state index in [1.165, 1.54) is 12.1 Å². The van der Waals surface area contributed by atoms with Crippen molar-refractivity contribution in [1.29, 1.82) is 0 Å². The van der Waals surface area contributed by atoms with Crippen molar-refractivity contribution in [1.82, 2.24) is 0 Å². The molecule has 1 saturated carbocycles. The molecular formula is C10H12FNO2S. The summed E-state index contributed by atoms with van der Waals surface area (Å²) in [6, 6.07) is 4.88. The van der Waals surface area contributed by atoms with Crippen LogP contribution in [0.4, 0.5) is 4.39 Å². The van der Waals surface area contributed by atoms with Gasteiger partial charge in [0.2, 0.25) is 9.84 Å². The number of benzene rings is 1. The largest absolute Gasteiger partial charge is 0.321 e. The van der Waals surface area contributed by atoms with Crippen molar-refractivity contribution in [3.63, 3.8) is 0 Å². The van der Waals surface area contributed by atoms with Gasteiger partial charge in [-0.15, -0.1) is 0 Å². The first kappa shape index (κ1) is 10.6. The molecule has 0 unspecified atom stereocenters. The molecule has 0 heterocycles. The molecule has 3 nitrogen and oxygen atoms in total. The third-order valence-electron chi connectivity index (χ3n) is 2.70. The monoisotopic (exact) mass is 229 g/mol. The van der Waals surface area contributed by atoms with Gasteiger partial charge in [0.05, 0.1) is 4.90 Å². The zero-order valence-electron chi connectivity index (χ0n) is 8.11. The zero-order valence-corrected chi connectivity index (χ0v) is 8.93. The lowest BCUT2D eigenvalue weighted by atomic mass is 10.1. The van der Waals surface area contributed by atoms with Crippen molar-refractivity contribution in [2.75, 3.05) is 6.01 Å². The minimum Gasteiger partial charge on any atom is -0.321 e. The molecule has 0 atom stereocenters. The fourth-order valence-electron chi connectivity index (χ4n) is 1.49. The van der Waals surface area contributed by atoms with Crippen LogP contribution in [0.1, 0.15) is 18.4 Å². The summed E-state index contributed by atoms with van der Waals surface area (Å²) in [6.45, 7) is 0. The quantitative estimate of drug-likeness (QED) is 0.850. The van der Waals surface area contributed by atoms with Crippen LogP contribution in [-0.2, 0) is 15.4 Å². The SMILES string of the molecule is NC1(c2cccc(S(=O)(=O)CF)c2)CC1. The third kappa shape index (κ3) is 1.89. The molecule has 0 bridgehead atoms. The van der Waals surface area contributed by atoms with E-state index in [4.69, 9.17) is 5.73 Å². The standard InChI is InChI=1S/C10H12FNO2S/c11-7-15(13,14)9-3-1-2-8(6-9)10(12)4-5-10/h1-3,6H,4-5,7,12H2. The summed E-state index contributed by atoms with van der Waals surface area (Å²) in [7, 11) is -3.78. The van der Waals surface area contributed by atoms with Crippen LogP contribution in [0.15, 0.2) is 29.2 Å². The third-order valence-corrected chi connectivity index (χ3v) is 3.96. The minimum atomic E-state index is -3.78. The molecule has 1 fully saturated rings. The summed E-state index contributed by atoms with van der Waals surface area (Å²) < 4.78 is 34.9. The number of hydrogen-bond acceptors (Lipinski definition) is 3. The Balaban J connectivity index is 2.44. The van der Waals surface area contributed by atoms with Gasteiger partial charge >= 0.3 is 0 Å². The molecule has 2 rings (SSSR count). The van der Waals surface area contributed by atoms with E-state index in [9.17, 15) is 12.8 Å². The van der Waals surface area contributed by atoms with Crippen LogP contribution in [0.3, 0.4) is 0 Å². The molecule has 2 N–H and O–H groups in total. The molecular weight excluding hydrogens is 217 g/mol. The van der Waals surface area contributed by atoms with Crippen LogP contribution in [-0.4, -0.2) is 14.4 Å². The number of nitrogens with two attached hydrogens (primary N) is 1. The normalized spacial score (nSPS) is 18.8. The van der Waals surface area contributed by atoms with Gasteiger partial charge in [0.15, 0.2) is 6.01 Å². The van der Waals surface area contributed by atoms with E-state index in [1.54, 1.807) is 12.1 Å². The zero-order chi connectivity index (χ0) is 11.1. The predicted octanol–water partition coefficient (Wildman–Crippen LogP) is 1.34. The maximum Gasteiger partial charge on any atom is 0.207 e. The van der Waals surface area contributed by atoms with Crippen molar-refractivity contribution in [3.05, 3.63) is 29.8 Å².